The van der Waals surface area contributed by atoms with Gasteiger partial charge in [-0.3, -0.25) is 4.98 Å². The minimum absolute atomic E-state index is 0.00821. The van der Waals surface area contributed by atoms with Gasteiger partial charge in [0.2, 0.25) is 0 Å². The van der Waals surface area contributed by atoms with Crippen molar-refractivity contribution in [2.75, 3.05) is 17.2 Å². The number of pyridine rings is 1. The number of nitrogens with one attached hydrogen (secondary N) is 2. The normalized spacial score (nSPS) is 15.6. The molecule has 0 unspecified atom stereocenters. The van der Waals surface area contributed by atoms with Gasteiger partial charge in [0.25, 0.3) is 0 Å². The van der Waals surface area contributed by atoms with E-state index in [9.17, 15) is 11.0 Å². The molecule has 1 saturated carbocycles. The van der Waals surface area contributed by atoms with Crippen LogP contribution in [-0.4, -0.2) is 26.5 Å². The molecule has 0 spiro atoms. The molecule has 5 rings (SSSR count). The summed E-state index contributed by atoms with van der Waals surface area (Å²) in [5, 5.41) is 26.1. The molecule has 2 N–H and O–H groups in total. The van der Waals surface area contributed by atoms with Crippen LogP contribution in [0.2, 0.25) is 5.02 Å². The van der Waals surface area contributed by atoms with Crippen LogP contribution in [0.3, 0.4) is 0 Å². The standard InChI is InChI=1S/C28H29ClFN7/c1-4-28(2,3)16-33-25-18(13-31)14-32-27-22(25)11-20(12-23(27)29)34-26(17-5-7-19(30)8-6-17)24-15-37(36-35-24)21-9-10-21/h5-8,11-12,14-15,21,26,34H,4,9-10,16H2,1-3H3,(H,32,33)/t26-/m0/s1/i26D. The lowest BCUT2D eigenvalue weighted by Gasteiger charge is -2.25. The van der Waals surface area contributed by atoms with Gasteiger partial charge in [-0.15, -0.1) is 5.10 Å². The van der Waals surface area contributed by atoms with Gasteiger partial charge in [-0.25, -0.2) is 9.07 Å². The number of hydrogen-bond acceptors (Lipinski definition) is 6. The SMILES string of the molecule is [2H][C@](Nc1cc(Cl)c2ncc(C#N)c(NCC(C)(C)CC)c2c1)(c1ccc(F)cc1)c1cn(C2CC2)nn1. The maximum absolute atomic E-state index is 13.8. The number of rotatable bonds is 9. The second kappa shape index (κ2) is 9.98. The summed E-state index contributed by atoms with van der Waals surface area (Å²) in [5.41, 5.74) is 2.99. The Hall–Kier alpha value is -3.70. The van der Waals surface area contributed by atoms with Gasteiger partial charge in [0.05, 0.1) is 41.4 Å². The molecule has 1 aliphatic carbocycles. The van der Waals surface area contributed by atoms with Crippen molar-refractivity contribution >= 4 is 33.9 Å². The lowest BCUT2D eigenvalue weighted by molar-refractivity contribution is 0.377. The van der Waals surface area contributed by atoms with Crippen LogP contribution in [0.25, 0.3) is 10.9 Å². The highest BCUT2D eigenvalue weighted by molar-refractivity contribution is 6.35. The zero-order chi connectivity index (χ0) is 27.1. The average Bonchev–Trinajstić information content (AvgIpc) is 3.63. The number of nitriles is 1. The summed E-state index contributed by atoms with van der Waals surface area (Å²) in [6.07, 6.45) is 6.29. The van der Waals surface area contributed by atoms with E-state index in [0.29, 0.717) is 56.7 Å². The molecule has 0 aliphatic heterocycles. The largest absolute Gasteiger partial charge is 0.383 e. The van der Waals surface area contributed by atoms with Gasteiger partial charge in [-0.05, 0) is 54.5 Å². The van der Waals surface area contributed by atoms with E-state index in [1.807, 2.05) is 6.07 Å². The Morgan fingerprint density at radius 1 is 1.30 bits per heavy atom. The van der Waals surface area contributed by atoms with Crippen molar-refractivity contribution in [2.45, 2.75) is 52.1 Å². The van der Waals surface area contributed by atoms with Crippen LogP contribution in [0.15, 0.2) is 48.8 Å². The third kappa shape index (κ3) is 5.37. The predicted molar refractivity (Wildman–Crippen MR) is 144 cm³/mol. The van der Waals surface area contributed by atoms with Crippen LogP contribution in [0.4, 0.5) is 15.8 Å². The van der Waals surface area contributed by atoms with Gasteiger partial charge in [-0.1, -0.05) is 49.7 Å². The van der Waals surface area contributed by atoms with Gasteiger partial charge in [0, 0.05) is 23.8 Å². The summed E-state index contributed by atoms with van der Waals surface area (Å²) in [6.45, 7) is 7.08. The molecule has 9 heteroatoms. The summed E-state index contributed by atoms with van der Waals surface area (Å²) in [5.74, 6) is -0.396. The maximum atomic E-state index is 13.8. The highest BCUT2D eigenvalue weighted by atomic mass is 35.5. The number of hydrogen-bond donors (Lipinski definition) is 2. The number of halogens is 2. The topological polar surface area (TPSA) is 91.5 Å². The van der Waals surface area contributed by atoms with E-state index in [-0.39, 0.29) is 5.41 Å². The quantitative estimate of drug-likeness (QED) is 0.251. The van der Waals surface area contributed by atoms with Crippen LogP contribution >= 0.6 is 11.6 Å². The number of aromatic nitrogens is 4. The summed E-state index contributed by atoms with van der Waals surface area (Å²) in [4.78, 5) is 4.43. The molecule has 2 aromatic heterocycles. The molecule has 190 valence electrons. The van der Waals surface area contributed by atoms with Gasteiger partial charge >= 0.3 is 0 Å². The van der Waals surface area contributed by atoms with Crippen LogP contribution < -0.4 is 10.6 Å². The van der Waals surface area contributed by atoms with E-state index in [4.69, 9.17) is 11.6 Å². The number of anilines is 2. The number of benzene rings is 2. The molecule has 0 bridgehead atoms. The number of nitrogens with zero attached hydrogens (tertiary/aromatic N) is 5. The first-order chi connectivity index (χ1) is 18.1. The van der Waals surface area contributed by atoms with E-state index in [1.165, 1.54) is 18.3 Å². The lowest BCUT2D eigenvalue weighted by atomic mass is 9.90. The first-order valence-electron chi connectivity index (χ1n) is 12.9. The molecule has 1 atom stereocenters. The van der Waals surface area contributed by atoms with E-state index in [1.54, 1.807) is 29.1 Å². The highest BCUT2D eigenvalue weighted by Crippen LogP contribution is 2.37. The molecule has 37 heavy (non-hydrogen) atoms. The van der Waals surface area contributed by atoms with Crippen LogP contribution in [0.5, 0.6) is 0 Å². The molecule has 2 heterocycles. The van der Waals surface area contributed by atoms with Crippen molar-refractivity contribution in [2.24, 2.45) is 5.41 Å². The fourth-order valence-corrected chi connectivity index (χ4v) is 4.28. The molecule has 4 aromatic rings. The van der Waals surface area contributed by atoms with E-state index >= 15 is 0 Å². The maximum Gasteiger partial charge on any atom is 0.123 e. The van der Waals surface area contributed by atoms with Crippen molar-refractivity contribution < 1.29 is 5.76 Å². The molecule has 1 fully saturated rings. The molecular formula is C28H29ClFN7. The van der Waals surface area contributed by atoms with E-state index < -0.39 is 11.8 Å². The summed E-state index contributed by atoms with van der Waals surface area (Å²) >= 11 is 6.69. The average molecular weight is 519 g/mol. The monoisotopic (exact) mass is 518 g/mol. The Kier molecular flexibility index (Phi) is 6.39. The molecule has 0 amide bonds. The first kappa shape index (κ1) is 23.7. The summed E-state index contributed by atoms with van der Waals surface area (Å²) in [6, 6.07) is 10.2. The van der Waals surface area contributed by atoms with Crippen molar-refractivity contribution in [3.63, 3.8) is 0 Å². The third-order valence-corrected chi connectivity index (χ3v) is 7.12. The summed E-state index contributed by atoms with van der Waals surface area (Å²) in [7, 11) is 0. The Morgan fingerprint density at radius 2 is 2.05 bits per heavy atom. The minimum atomic E-state index is -1.59. The van der Waals surface area contributed by atoms with Gasteiger partial charge in [0.15, 0.2) is 0 Å². The minimum Gasteiger partial charge on any atom is -0.383 e. The van der Waals surface area contributed by atoms with Gasteiger partial charge < -0.3 is 10.6 Å². The molecule has 2 aromatic carbocycles. The van der Waals surface area contributed by atoms with Crippen LogP contribution in [-0.2, 0) is 0 Å². The highest BCUT2D eigenvalue weighted by Gasteiger charge is 2.27. The van der Waals surface area contributed by atoms with Gasteiger partial charge in [-0.2, -0.15) is 5.26 Å². The molecular weight excluding hydrogens is 489 g/mol. The van der Waals surface area contributed by atoms with Crippen molar-refractivity contribution in [1.82, 2.24) is 20.0 Å². The Balaban J connectivity index is 1.61. The Morgan fingerprint density at radius 3 is 2.73 bits per heavy atom. The molecule has 0 radical (unpaired) electrons. The van der Waals surface area contributed by atoms with E-state index in [2.05, 4.69) is 52.8 Å². The van der Waals surface area contributed by atoms with Crippen LogP contribution in [0.1, 0.15) is 70.3 Å². The zero-order valence-electron chi connectivity index (χ0n) is 22.0. The fraction of sp³-hybridized carbons (Fsp3) is 0.357. The van der Waals surface area contributed by atoms with Gasteiger partial charge in [0.1, 0.15) is 17.6 Å². The van der Waals surface area contributed by atoms with Crippen molar-refractivity contribution in [1.29, 1.82) is 5.26 Å². The molecule has 7 nitrogen and oxygen atoms in total. The summed E-state index contributed by atoms with van der Waals surface area (Å²) < 4.78 is 25.1. The second-order valence-electron chi connectivity index (χ2n) is 10.2. The Labute approximate surface area is 222 Å². The van der Waals surface area contributed by atoms with Crippen molar-refractivity contribution in [3.05, 3.63) is 76.5 Å². The third-order valence-electron chi connectivity index (χ3n) is 6.84. The smallest absolute Gasteiger partial charge is 0.123 e. The second-order valence-corrected chi connectivity index (χ2v) is 10.6. The zero-order valence-corrected chi connectivity index (χ0v) is 21.8. The van der Waals surface area contributed by atoms with Crippen LogP contribution in [0, 0.1) is 22.6 Å². The van der Waals surface area contributed by atoms with Crippen molar-refractivity contribution in [3.8, 4) is 6.07 Å². The predicted octanol–water partition coefficient (Wildman–Crippen LogP) is 6.87. The fourth-order valence-electron chi connectivity index (χ4n) is 4.01. The Bertz CT molecular complexity index is 1520. The number of fused-ring (bicyclic) bond motifs is 1. The van der Waals surface area contributed by atoms with E-state index in [0.717, 1.165) is 19.3 Å². The molecule has 0 saturated heterocycles. The lowest BCUT2D eigenvalue weighted by Crippen LogP contribution is -2.22. The molecule has 1 aliphatic rings. The first-order valence-corrected chi connectivity index (χ1v) is 12.7.